The van der Waals surface area contributed by atoms with E-state index in [4.69, 9.17) is 4.74 Å². The van der Waals surface area contributed by atoms with E-state index in [1.807, 2.05) is 6.07 Å². The molecule has 1 aliphatic carbocycles. The summed E-state index contributed by atoms with van der Waals surface area (Å²) in [6.45, 7) is 8.54. The van der Waals surface area contributed by atoms with Gasteiger partial charge in [-0.3, -0.25) is 9.69 Å². The summed E-state index contributed by atoms with van der Waals surface area (Å²) >= 11 is 0. The number of nitrogens with zero attached hydrogens (tertiary/aromatic N) is 1. The third-order valence-corrected chi connectivity index (χ3v) is 5.25. The molecular formula is C19H28N2O2. The molecule has 1 fully saturated rings. The second kappa shape index (κ2) is 7.02. The molecule has 1 atom stereocenters. The summed E-state index contributed by atoms with van der Waals surface area (Å²) in [6, 6.07) is 8.39. The van der Waals surface area contributed by atoms with E-state index >= 15 is 0 Å². The van der Waals surface area contributed by atoms with Gasteiger partial charge in [0.15, 0.2) is 0 Å². The van der Waals surface area contributed by atoms with E-state index in [0.29, 0.717) is 6.54 Å². The van der Waals surface area contributed by atoms with Crippen molar-refractivity contribution in [1.82, 2.24) is 10.2 Å². The molecule has 0 aromatic heterocycles. The molecule has 1 aliphatic heterocycles. The molecule has 2 aliphatic rings. The molecule has 0 radical (unpaired) electrons. The van der Waals surface area contributed by atoms with E-state index < -0.39 is 0 Å². The van der Waals surface area contributed by atoms with Crippen LogP contribution < -0.4 is 5.32 Å². The number of carbonyl (C=O) groups is 1. The molecule has 0 saturated carbocycles. The molecule has 126 valence electrons. The van der Waals surface area contributed by atoms with Gasteiger partial charge < -0.3 is 10.1 Å². The first-order valence-electron chi connectivity index (χ1n) is 8.76. The number of nitrogens with one attached hydrogen (secondary N) is 1. The Kier molecular flexibility index (Phi) is 5.02. The van der Waals surface area contributed by atoms with Crippen LogP contribution in [0.2, 0.25) is 0 Å². The van der Waals surface area contributed by atoms with Crippen molar-refractivity contribution in [2.75, 3.05) is 32.8 Å². The topological polar surface area (TPSA) is 41.6 Å². The highest BCUT2D eigenvalue weighted by molar-refractivity contribution is 5.84. The molecule has 1 heterocycles. The van der Waals surface area contributed by atoms with E-state index in [1.165, 1.54) is 11.1 Å². The molecule has 1 aromatic carbocycles. The lowest BCUT2D eigenvalue weighted by Gasteiger charge is -2.41. The van der Waals surface area contributed by atoms with Gasteiger partial charge in [0.05, 0.1) is 19.1 Å². The molecule has 1 N–H and O–H groups in total. The molecule has 0 bridgehead atoms. The summed E-state index contributed by atoms with van der Waals surface area (Å²) in [7, 11) is 0. The Labute approximate surface area is 139 Å². The summed E-state index contributed by atoms with van der Waals surface area (Å²) < 4.78 is 5.43. The minimum absolute atomic E-state index is 0.0143. The minimum Gasteiger partial charge on any atom is -0.379 e. The van der Waals surface area contributed by atoms with Gasteiger partial charge in [-0.05, 0) is 44.2 Å². The Bertz CT molecular complexity index is 550. The van der Waals surface area contributed by atoms with Crippen LogP contribution >= 0.6 is 0 Å². The van der Waals surface area contributed by atoms with Gasteiger partial charge in [0.1, 0.15) is 0 Å². The zero-order valence-corrected chi connectivity index (χ0v) is 14.3. The molecule has 4 heteroatoms. The molecule has 23 heavy (non-hydrogen) atoms. The van der Waals surface area contributed by atoms with Gasteiger partial charge in [0.2, 0.25) is 5.91 Å². The summed E-state index contributed by atoms with van der Waals surface area (Å²) in [4.78, 5) is 15.1. The summed E-state index contributed by atoms with van der Waals surface area (Å²) in [5.74, 6) is 0.193. The zero-order chi connectivity index (χ0) is 16.3. The normalized spacial score (nSPS) is 22.4. The molecule has 1 amide bonds. The Hall–Kier alpha value is -1.39. The average Bonchev–Trinajstić information content (AvgIpc) is 2.60. The number of fused-ring (bicyclic) bond motifs is 1. The van der Waals surface area contributed by atoms with Gasteiger partial charge in [-0.25, -0.2) is 0 Å². The number of morpholine rings is 1. The SMILES string of the molecule is CC(C)(CNC(=O)[C@@H]1CCCc2ccccc21)N1CCOCC1. The van der Waals surface area contributed by atoms with Crippen molar-refractivity contribution in [3.63, 3.8) is 0 Å². The number of benzene rings is 1. The minimum atomic E-state index is -0.0341. The third kappa shape index (κ3) is 3.75. The van der Waals surface area contributed by atoms with E-state index in [1.54, 1.807) is 0 Å². The summed E-state index contributed by atoms with van der Waals surface area (Å²) in [5.41, 5.74) is 2.53. The van der Waals surface area contributed by atoms with Crippen LogP contribution in [0.15, 0.2) is 24.3 Å². The first-order valence-corrected chi connectivity index (χ1v) is 8.76. The number of hydrogen-bond donors (Lipinski definition) is 1. The molecular weight excluding hydrogens is 288 g/mol. The summed E-state index contributed by atoms with van der Waals surface area (Å²) in [6.07, 6.45) is 3.15. The highest BCUT2D eigenvalue weighted by Gasteiger charge is 2.31. The van der Waals surface area contributed by atoms with Crippen LogP contribution in [0.5, 0.6) is 0 Å². The number of rotatable bonds is 4. The molecule has 1 saturated heterocycles. The smallest absolute Gasteiger partial charge is 0.227 e. The number of amides is 1. The summed E-state index contributed by atoms with van der Waals surface area (Å²) in [5, 5.41) is 3.21. The average molecular weight is 316 g/mol. The van der Waals surface area contributed by atoms with E-state index in [2.05, 4.69) is 42.3 Å². The maximum Gasteiger partial charge on any atom is 0.227 e. The van der Waals surface area contributed by atoms with Crippen LogP contribution in [0.25, 0.3) is 0 Å². The van der Waals surface area contributed by atoms with Crippen LogP contribution in [0.1, 0.15) is 43.7 Å². The fourth-order valence-corrected chi connectivity index (χ4v) is 3.73. The van der Waals surface area contributed by atoms with Gasteiger partial charge in [0.25, 0.3) is 0 Å². The highest BCUT2D eigenvalue weighted by atomic mass is 16.5. The molecule has 4 nitrogen and oxygen atoms in total. The quantitative estimate of drug-likeness (QED) is 0.927. The van der Waals surface area contributed by atoms with Crippen molar-refractivity contribution in [1.29, 1.82) is 0 Å². The lowest BCUT2D eigenvalue weighted by atomic mass is 9.82. The highest BCUT2D eigenvalue weighted by Crippen LogP contribution is 2.31. The fourth-order valence-electron chi connectivity index (χ4n) is 3.73. The fraction of sp³-hybridized carbons (Fsp3) is 0.632. The molecule has 1 aromatic rings. The number of carbonyl (C=O) groups excluding carboxylic acids is 1. The van der Waals surface area contributed by atoms with Crippen LogP contribution in [-0.4, -0.2) is 49.2 Å². The molecule has 3 rings (SSSR count). The third-order valence-electron chi connectivity index (χ3n) is 5.25. The lowest BCUT2D eigenvalue weighted by molar-refractivity contribution is -0.123. The van der Waals surface area contributed by atoms with Gasteiger partial charge in [-0.2, -0.15) is 0 Å². The van der Waals surface area contributed by atoms with Crippen LogP contribution in [-0.2, 0) is 16.0 Å². The van der Waals surface area contributed by atoms with E-state index in [-0.39, 0.29) is 17.4 Å². The van der Waals surface area contributed by atoms with Crippen molar-refractivity contribution < 1.29 is 9.53 Å². The van der Waals surface area contributed by atoms with Gasteiger partial charge in [0, 0.05) is 25.2 Å². The largest absolute Gasteiger partial charge is 0.379 e. The Morgan fingerprint density at radius 2 is 2.04 bits per heavy atom. The van der Waals surface area contributed by atoms with Crippen molar-refractivity contribution in [3.8, 4) is 0 Å². The lowest BCUT2D eigenvalue weighted by Crippen LogP contribution is -2.55. The second-order valence-corrected chi connectivity index (χ2v) is 7.27. The van der Waals surface area contributed by atoms with Crippen LogP contribution in [0.4, 0.5) is 0 Å². The van der Waals surface area contributed by atoms with Crippen LogP contribution in [0.3, 0.4) is 0 Å². The number of ether oxygens (including phenoxy) is 1. The van der Waals surface area contributed by atoms with Gasteiger partial charge in [-0.15, -0.1) is 0 Å². The second-order valence-electron chi connectivity index (χ2n) is 7.27. The molecule has 0 unspecified atom stereocenters. The van der Waals surface area contributed by atoms with Crippen molar-refractivity contribution >= 4 is 5.91 Å². The first-order chi connectivity index (χ1) is 11.1. The predicted octanol–water partition coefficient (Wildman–Crippen LogP) is 2.33. The monoisotopic (exact) mass is 316 g/mol. The first kappa shape index (κ1) is 16.5. The van der Waals surface area contributed by atoms with Crippen LogP contribution in [0, 0.1) is 0 Å². The van der Waals surface area contributed by atoms with Crippen molar-refractivity contribution in [2.24, 2.45) is 0 Å². The van der Waals surface area contributed by atoms with Gasteiger partial charge in [-0.1, -0.05) is 24.3 Å². The maximum absolute atomic E-state index is 12.7. The maximum atomic E-state index is 12.7. The zero-order valence-electron chi connectivity index (χ0n) is 14.3. The number of aryl methyl sites for hydroxylation is 1. The van der Waals surface area contributed by atoms with E-state index in [0.717, 1.165) is 45.6 Å². The Balaban J connectivity index is 1.61. The van der Waals surface area contributed by atoms with Crippen molar-refractivity contribution in [2.45, 2.75) is 44.6 Å². The van der Waals surface area contributed by atoms with Crippen molar-refractivity contribution in [3.05, 3.63) is 35.4 Å². The Morgan fingerprint density at radius 1 is 1.30 bits per heavy atom. The molecule has 0 spiro atoms. The number of hydrogen-bond acceptors (Lipinski definition) is 3. The van der Waals surface area contributed by atoms with E-state index in [9.17, 15) is 4.79 Å². The predicted molar refractivity (Wildman–Crippen MR) is 91.6 cm³/mol. The standard InChI is InChI=1S/C19H28N2O2/c1-19(2,21-10-12-23-13-11-21)14-20-18(22)17-9-5-7-15-6-3-4-8-16(15)17/h3-4,6,8,17H,5,7,9-14H2,1-2H3,(H,20,22)/t17-/m1/s1. The Morgan fingerprint density at radius 3 is 2.83 bits per heavy atom. The van der Waals surface area contributed by atoms with Gasteiger partial charge >= 0.3 is 0 Å².